The van der Waals surface area contributed by atoms with E-state index in [2.05, 4.69) is 4.98 Å². The van der Waals surface area contributed by atoms with E-state index in [0.717, 1.165) is 16.3 Å². The Kier molecular flexibility index (Phi) is 2.37. The van der Waals surface area contributed by atoms with Gasteiger partial charge in [0.1, 0.15) is 0 Å². The molecule has 0 aliphatic carbocycles. The highest BCUT2D eigenvalue weighted by Gasteiger charge is 2.06. The zero-order valence-corrected chi connectivity index (χ0v) is 8.40. The molecule has 1 aromatic heterocycles. The van der Waals surface area contributed by atoms with Gasteiger partial charge in [-0.2, -0.15) is 0 Å². The van der Waals surface area contributed by atoms with Gasteiger partial charge in [0, 0.05) is 11.6 Å². The van der Waals surface area contributed by atoms with Crippen LogP contribution >= 0.6 is 0 Å². The van der Waals surface area contributed by atoms with Crippen molar-refractivity contribution in [2.24, 2.45) is 0 Å². The molecule has 2 rings (SSSR count). The summed E-state index contributed by atoms with van der Waals surface area (Å²) in [4.78, 5) is 14.8. The van der Waals surface area contributed by atoms with E-state index in [1.807, 2.05) is 31.2 Å². The maximum atomic E-state index is 10.7. The van der Waals surface area contributed by atoms with Crippen molar-refractivity contribution in [1.29, 1.82) is 0 Å². The van der Waals surface area contributed by atoms with Crippen molar-refractivity contribution in [3.63, 3.8) is 0 Å². The minimum atomic E-state index is -0.850. The summed E-state index contributed by atoms with van der Waals surface area (Å²) in [6.45, 7) is 1.98. The summed E-state index contributed by atoms with van der Waals surface area (Å²) in [5.41, 5.74) is 1.74. The van der Waals surface area contributed by atoms with Crippen LogP contribution in [0.25, 0.3) is 10.8 Å². The fourth-order valence-corrected chi connectivity index (χ4v) is 1.63. The molecule has 1 aromatic carbocycles. The van der Waals surface area contributed by atoms with Crippen molar-refractivity contribution >= 4 is 16.7 Å². The van der Waals surface area contributed by atoms with E-state index < -0.39 is 5.97 Å². The first-order valence-electron chi connectivity index (χ1n) is 4.73. The van der Waals surface area contributed by atoms with Gasteiger partial charge < -0.3 is 5.11 Å². The monoisotopic (exact) mass is 201 g/mol. The number of carboxylic acid groups (broad SMARTS) is 1. The summed E-state index contributed by atoms with van der Waals surface area (Å²) in [5.74, 6) is -0.850. The molecule has 15 heavy (non-hydrogen) atoms. The number of aryl methyl sites for hydroxylation is 1. The van der Waals surface area contributed by atoms with Crippen LogP contribution in [0.1, 0.15) is 11.3 Å². The molecule has 0 aliphatic rings. The third-order valence-electron chi connectivity index (χ3n) is 2.32. The van der Waals surface area contributed by atoms with Crippen molar-refractivity contribution in [3.05, 3.63) is 41.7 Å². The van der Waals surface area contributed by atoms with Crippen LogP contribution in [0.5, 0.6) is 0 Å². The Labute approximate surface area is 87.4 Å². The zero-order chi connectivity index (χ0) is 10.8. The Morgan fingerprint density at radius 2 is 2.20 bits per heavy atom. The molecule has 0 saturated heterocycles. The molecule has 0 bridgehead atoms. The predicted molar refractivity (Wildman–Crippen MR) is 57.8 cm³/mol. The number of rotatable bonds is 2. The first-order valence-corrected chi connectivity index (χ1v) is 4.73. The van der Waals surface area contributed by atoms with E-state index in [-0.39, 0.29) is 6.42 Å². The van der Waals surface area contributed by atoms with Crippen LogP contribution in [0.2, 0.25) is 0 Å². The third-order valence-corrected chi connectivity index (χ3v) is 2.32. The molecular weight excluding hydrogens is 190 g/mol. The van der Waals surface area contributed by atoms with Crippen molar-refractivity contribution in [1.82, 2.24) is 4.98 Å². The van der Waals surface area contributed by atoms with Crippen LogP contribution in [-0.4, -0.2) is 16.1 Å². The van der Waals surface area contributed by atoms with Gasteiger partial charge in [-0.1, -0.05) is 17.7 Å². The second-order valence-corrected chi connectivity index (χ2v) is 3.55. The molecule has 0 saturated carbocycles. The van der Waals surface area contributed by atoms with Gasteiger partial charge in [0.15, 0.2) is 0 Å². The minimum Gasteiger partial charge on any atom is -0.481 e. The standard InChI is InChI=1S/C12H11NO2/c1-8-2-3-9-4-5-13-11(7-12(14)15)10(9)6-8/h2-6H,7H2,1H3,(H,14,15). The fraction of sp³-hybridized carbons (Fsp3) is 0.167. The summed E-state index contributed by atoms with van der Waals surface area (Å²) in [7, 11) is 0. The molecule has 1 heterocycles. The number of carbonyl (C=O) groups is 1. The molecule has 0 radical (unpaired) electrons. The third kappa shape index (κ3) is 1.96. The topological polar surface area (TPSA) is 50.2 Å². The average molecular weight is 201 g/mol. The molecule has 0 atom stereocenters. The number of aliphatic carboxylic acids is 1. The summed E-state index contributed by atoms with van der Waals surface area (Å²) in [6, 6.07) is 7.85. The smallest absolute Gasteiger partial charge is 0.309 e. The Morgan fingerprint density at radius 3 is 2.93 bits per heavy atom. The van der Waals surface area contributed by atoms with Crippen LogP contribution in [0.3, 0.4) is 0 Å². The van der Waals surface area contributed by atoms with Gasteiger partial charge in [0.2, 0.25) is 0 Å². The lowest BCUT2D eigenvalue weighted by Crippen LogP contribution is -2.02. The molecule has 0 spiro atoms. The molecule has 0 unspecified atom stereocenters. The van der Waals surface area contributed by atoms with Gasteiger partial charge in [0.05, 0.1) is 12.1 Å². The Hall–Kier alpha value is -1.90. The number of hydrogen-bond donors (Lipinski definition) is 1. The normalized spacial score (nSPS) is 10.5. The first-order chi connectivity index (χ1) is 7.16. The van der Waals surface area contributed by atoms with E-state index in [0.29, 0.717) is 5.69 Å². The van der Waals surface area contributed by atoms with Gasteiger partial charge in [-0.05, 0) is 24.4 Å². The molecule has 2 aromatic rings. The number of benzene rings is 1. The largest absolute Gasteiger partial charge is 0.481 e. The summed E-state index contributed by atoms with van der Waals surface area (Å²) in [5, 5.41) is 10.7. The molecular formula is C12H11NO2. The van der Waals surface area contributed by atoms with E-state index in [9.17, 15) is 4.79 Å². The van der Waals surface area contributed by atoms with Crippen LogP contribution in [0, 0.1) is 6.92 Å². The van der Waals surface area contributed by atoms with E-state index in [4.69, 9.17) is 5.11 Å². The number of nitrogens with zero attached hydrogens (tertiary/aromatic N) is 1. The molecule has 3 nitrogen and oxygen atoms in total. The molecule has 76 valence electrons. The highest BCUT2D eigenvalue weighted by atomic mass is 16.4. The van der Waals surface area contributed by atoms with Gasteiger partial charge in [-0.25, -0.2) is 0 Å². The quantitative estimate of drug-likeness (QED) is 0.810. The van der Waals surface area contributed by atoms with Crippen molar-refractivity contribution in [3.8, 4) is 0 Å². The maximum Gasteiger partial charge on any atom is 0.309 e. The van der Waals surface area contributed by atoms with Crippen molar-refractivity contribution < 1.29 is 9.90 Å². The maximum absolute atomic E-state index is 10.7. The lowest BCUT2D eigenvalue weighted by molar-refractivity contribution is -0.136. The number of aromatic nitrogens is 1. The van der Waals surface area contributed by atoms with Gasteiger partial charge in [-0.3, -0.25) is 9.78 Å². The molecule has 0 amide bonds. The number of pyridine rings is 1. The highest BCUT2D eigenvalue weighted by Crippen LogP contribution is 2.18. The summed E-state index contributed by atoms with van der Waals surface area (Å²) in [6.07, 6.45) is 1.62. The lowest BCUT2D eigenvalue weighted by Gasteiger charge is -2.03. The predicted octanol–water partition coefficient (Wildman–Crippen LogP) is 2.17. The Balaban J connectivity index is 2.63. The molecule has 0 aliphatic heterocycles. The van der Waals surface area contributed by atoms with Crippen LogP contribution < -0.4 is 0 Å². The van der Waals surface area contributed by atoms with E-state index >= 15 is 0 Å². The van der Waals surface area contributed by atoms with Gasteiger partial charge >= 0.3 is 5.97 Å². The van der Waals surface area contributed by atoms with Crippen LogP contribution in [-0.2, 0) is 11.2 Å². The number of carboxylic acids is 1. The number of hydrogen-bond acceptors (Lipinski definition) is 2. The zero-order valence-electron chi connectivity index (χ0n) is 8.40. The van der Waals surface area contributed by atoms with Crippen molar-refractivity contribution in [2.45, 2.75) is 13.3 Å². The lowest BCUT2D eigenvalue weighted by atomic mass is 10.1. The second-order valence-electron chi connectivity index (χ2n) is 3.55. The molecule has 0 fully saturated rings. The summed E-state index contributed by atoms with van der Waals surface area (Å²) >= 11 is 0. The first kappa shape index (κ1) is 9.65. The van der Waals surface area contributed by atoms with Crippen LogP contribution in [0.15, 0.2) is 30.5 Å². The van der Waals surface area contributed by atoms with Crippen molar-refractivity contribution in [2.75, 3.05) is 0 Å². The Morgan fingerprint density at radius 1 is 1.40 bits per heavy atom. The van der Waals surface area contributed by atoms with E-state index in [1.54, 1.807) is 6.20 Å². The average Bonchev–Trinajstić information content (AvgIpc) is 2.18. The SMILES string of the molecule is Cc1ccc2ccnc(CC(=O)O)c2c1. The number of fused-ring (bicyclic) bond motifs is 1. The minimum absolute atomic E-state index is 0.0270. The second kappa shape index (κ2) is 3.69. The van der Waals surface area contributed by atoms with Gasteiger partial charge in [0.25, 0.3) is 0 Å². The Bertz CT molecular complexity index is 520. The summed E-state index contributed by atoms with van der Waals surface area (Å²) < 4.78 is 0. The highest BCUT2D eigenvalue weighted by molar-refractivity contribution is 5.87. The van der Waals surface area contributed by atoms with Crippen LogP contribution in [0.4, 0.5) is 0 Å². The fourth-order valence-electron chi connectivity index (χ4n) is 1.63. The molecule has 1 N–H and O–H groups in total. The molecule has 3 heteroatoms. The van der Waals surface area contributed by atoms with E-state index in [1.165, 1.54) is 0 Å². The van der Waals surface area contributed by atoms with Gasteiger partial charge in [-0.15, -0.1) is 0 Å².